The number of hydrogen-bond donors (Lipinski definition) is 3. The largest absolute Gasteiger partial charge is 0.465 e. The van der Waals surface area contributed by atoms with Gasteiger partial charge in [-0.15, -0.1) is 0 Å². The first-order valence-corrected chi connectivity index (χ1v) is 9.82. The van der Waals surface area contributed by atoms with Gasteiger partial charge < -0.3 is 39.4 Å². The second-order valence-corrected chi connectivity index (χ2v) is 6.05. The highest BCUT2D eigenvalue weighted by Crippen LogP contribution is 2.09. The Kier molecular flexibility index (Phi) is 15.7. The maximum absolute atomic E-state index is 10.4. The normalized spacial score (nSPS) is 10.8. The first-order chi connectivity index (χ1) is 14.2. The zero-order chi connectivity index (χ0) is 21.0. The molecule has 29 heavy (non-hydrogen) atoms. The van der Waals surface area contributed by atoms with E-state index in [1.807, 2.05) is 24.3 Å². The molecule has 0 fully saturated rings. The van der Waals surface area contributed by atoms with E-state index in [2.05, 4.69) is 10.6 Å². The molecule has 9 nitrogen and oxygen atoms in total. The molecule has 0 unspecified atom stereocenters. The summed E-state index contributed by atoms with van der Waals surface area (Å²) in [6.45, 7) is 6.14. The second kappa shape index (κ2) is 18.1. The molecule has 9 heteroatoms. The van der Waals surface area contributed by atoms with Crippen LogP contribution in [0.4, 0.5) is 10.5 Å². The van der Waals surface area contributed by atoms with Gasteiger partial charge in [-0.2, -0.15) is 0 Å². The second-order valence-electron chi connectivity index (χ2n) is 6.05. The Bertz CT molecular complexity index is 514. The van der Waals surface area contributed by atoms with Gasteiger partial charge in [0.25, 0.3) is 0 Å². The predicted octanol–water partition coefficient (Wildman–Crippen LogP) is 1.62. The van der Waals surface area contributed by atoms with Crippen LogP contribution in [0.3, 0.4) is 0 Å². The molecule has 0 bridgehead atoms. The Labute approximate surface area is 172 Å². The van der Waals surface area contributed by atoms with Crippen molar-refractivity contribution in [2.24, 2.45) is 0 Å². The van der Waals surface area contributed by atoms with E-state index in [4.69, 9.17) is 28.8 Å². The average Bonchev–Trinajstić information content (AvgIpc) is 2.71. The quantitative estimate of drug-likeness (QED) is 0.293. The van der Waals surface area contributed by atoms with Crippen molar-refractivity contribution in [3.8, 4) is 0 Å². The number of rotatable bonds is 19. The lowest BCUT2D eigenvalue weighted by molar-refractivity contribution is -0.00700. The standard InChI is InChI=1S/C20H34N2O7/c1-25-10-11-27-14-15-29-17-16-28-13-12-26-9-8-21-19-4-2-18(3-5-19)6-7-22-20(23)24/h2-5,21-22H,6-17H2,1H3,(H,23,24). The molecule has 1 rings (SSSR count). The van der Waals surface area contributed by atoms with Gasteiger partial charge in [-0.1, -0.05) is 12.1 Å². The predicted molar refractivity (Wildman–Crippen MR) is 110 cm³/mol. The summed E-state index contributed by atoms with van der Waals surface area (Å²) in [6.07, 6.45) is -0.329. The summed E-state index contributed by atoms with van der Waals surface area (Å²) in [6, 6.07) is 7.91. The summed E-state index contributed by atoms with van der Waals surface area (Å²) in [5.41, 5.74) is 2.09. The van der Waals surface area contributed by atoms with Crippen LogP contribution in [-0.2, 0) is 30.1 Å². The maximum atomic E-state index is 10.4. The van der Waals surface area contributed by atoms with Crippen molar-refractivity contribution in [3.63, 3.8) is 0 Å². The fraction of sp³-hybridized carbons (Fsp3) is 0.650. The van der Waals surface area contributed by atoms with E-state index in [0.29, 0.717) is 79.0 Å². The number of carboxylic acid groups (broad SMARTS) is 1. The molecule has 0 saturated carbocycles. The van der Waals surface area contributed by atoms with Crippen LogP contribution in [0, 0.1) is 0 Å². The zero-order valence-electron chi connectivity index (χ0n) is 17.2. The van der Waals surface area contributed by atoms with Gasteiger partial charge in [0, 0.05) is 25.9 Å². The van der Waals surface area contributed by atoms with Crippen molar-refractivity contribution < 1.29 is 33.6 Å². The maximum Gasteiger partial charge on any atom is 0.404 e. The van der Waals surface area contributed by atoms with Crippen molar-refractivity contribution >= 4 is 11.8 Å². The molecule has 1 amide bonds. The zero-order valence-corrected chi connectivity index (χ0v) is 17.2. The van der Waals surface area contributed by atoms with Crippen LogP contribution < -0.4 is 10.6 Å². The molecule has 0 aliphatic heterocycles. The third kappa shape index (κ3) is 15.7. The first kappa shape index (κ1) is 25.1. The van der Waals surface area contributed by atoms with Gasteiger partial charge in [0.15, 0.2) is 0 Å². The number of amides is 1. The number of anilines is 1. The molecular weight excluding hydrogens is 380 g/mol. The number of nitrogens with one attached hydrogen (secondary N) is 2. The highest BCUT2D eigenvalue weighted by molar-refractivity contribution is 5.64. The fourth-order valence-electron chi connectivity index (χ4n) is 2.27. The third-order valence-electron chi connectivity index (χ3n) is 3.77. The highest BCUT2D eigenvalue weighted by Gasteiger charge is 1.98. The number of methoxy groups -OCH3 is 1. The molecule has 0 saturated heterocycles. The molecule has 0 heterocycles. The Morgan fingerprint density at radius 3 is 1.83 bits per heavy atom. The molecule has 0 aliphatic carbocycles. The Hall–Kier alpha value is -1.91. The lowest BCUT2D eigenvalue weighted by Crippen LogP contribution is -2.23. The number of ether oxygens (including phenoxy) is 5. The number of carbonyl (C=O) groups is 1. The Balaban J connectivity index is 1.86. The van der Waals surface area contributed by atoms with Gasteiger partial charge in [0.1, 0.15) is 0 Å². The summed E-state index contributed by atoms with van der Waals surface area (Å²) >= 11 is 0. The van der Waals surface area contributed by atoms with E-state index < -0.39 is 6.09 Å². The monoisotopic (exact) mass is 414 g/mol. The van der Waals surface area contributed by atoms with Gasteiger partial charge in [0.2, 0.25) is 0 Å². The molecule has 1 aromatic rings. The van der Waals surface area contributed by atoms with E-state index in [-0.39, 0.29) is 0 Å². The molecular formula is C20H34N2O7. The van der Waals surface area contributed by atoms with Crippen LogP contribution >= 0.6 is 0 Å². The van der Waals surface area contributed by atoms with Crippen LogP contribution in [-0.4, -0.2) is 90.9 Å². The number of hydrogen-bond acceptors (Lipinski definition) is 7. The SMILES string of the molecule is COCCOCCOCCOCCOCCNc1ccc(CCNC(=O)O)cc1. The summed E-state index contributed by atoms with van der Waals surface area (Å²) in [5, 5.41) is 14.2. The van der Waals surface area contributed by atoms with E-state index in [1.165, 1.54) is 0 Å². The molecule has 1 aromatic carbocycles. The minimum absolute atomic E-state index is 0.410. The lowest BCUT2D eigenvalue weighted by atomic mass is 10.1. The van der Waals surface area contributed by atoms with Gasteiger partial charge in [-0.05, 0) is 24.1 Å². The van der Waals surface area contributed by atoms with E-state index >= 15 is 0 Å². The topological polar surface area (TPSA) is 108 Å². The Morgan fingerprint density at radius 1 is 0.793 bits per heavy atom. The van der Waals surface area contributed by atoms with Crippen LogP contribution in [0.25, 0.3) is 0 Å². The van der Waals surface area contributed by atoms with Gasteiger partial charge in [-0.25, -0.2) is 4.79 Å². The average molecular weight is 414 g/mol. The first-order valence-electron chi connectivity index (χ1n) is 9.82. The molecule has 0 atom stereocenters. The minimum atomic E-state index is -0.999. The summed E-state index contributed by atoms with van der Waals surface area (Å²) in [4.78, 5) is 10.4. The molecule has 0 spiro atoms. The summed E-state index contributed by atoms with van der Waals surface area (Å²) in [5.74, 6) is 0. The highest BCUT2D eigenvalue weighted by atomic mass is 16.6. The van der Waals surface area contributed by atoms with E-state index in [0.717, 1.165) is 11.3 Å². The van der Waals surface area contributed by atoms with Gasteiger partial charge in [-0.3, -0.25) is 0 Å². The van der Waals surface area contributed by atoms with Crippen molar-refractivity contribution in [1.29, 1.82) is 0 Å². The Morgan fingerprint density at radius 2 is 1.31 bits per heavy atom. The number of benzene rings is 1. The lowest BCUT2D eigenvalue weighted by Gasteiger charge is -2.09. The third-order valence-corrected chi connectivity index (χ3v) is 3.77. The molecule has 0 radical (unpaired) electrons. The molecule has 0 aromatic heterocycles. The van der Waals surface area contributed by atoms with E-state index in [9.17, 15) is 4.79 Å². The van der Waals surface area contributed by atoms with Gasteiger partial charge >= 0.3 is 6.09 Å². The van der Waals surface area contributed by atoms with E-state index in [1.54, 1.807) is 7.11 Å². The summed E-state index contributed by atoms with van der Waals surface area (Å²) in [7, 11) is 1.64. The molecule has 3 N–H and O–H groups in total. The summed E-state index contributed by atoms with van der Waals surface area (Å²) < 4.78 is 26.5. The van der Waals surface area contributed by atoms with Crippen LogP contribution in [0.1, 0.15) is 5.56 Å². The molecule has 166 valence electrons. The van der Waals surface area contributed by atoms with Crippen LogP contribution in [0.5, 0.6) is 0 Å². The fourth-order valence-corrected chi connectivity index (χ4v) is 2.27. The molecule has 0 aliphatic rings. The van der Waals surface area contributed by atoms with Gasteiger partial charge in [0.05, 0.1) is 59.5 Å². The van der Waals surface area contributed by atoms with Crippen LogP contribution in [0.15, 0.2) is 24.3 Å². The minimum Gasteiger partial charge on any atom is -0.465 e. The smallest absolute Gasteiger partial charge is 0.404 e. The van der Waals surface area contributed by atoms with Crippen LogP contribution in [0.2, 0.25) is 0 Å². The van der Waals surface area contributed by atoms with Crippen molar-refractivity contribution in [1.82, 2.24) is 5.32 Å². The van der Waals surface area contributed by atoms with Crippen molar-refractivity contribution in [2.45, 2.75) is 6.42 Å². The van der Waals surface area contributed by atoms with Crippen molar-refractivity contribution in [3.05, 3.63) is 29.8 Å². The van der Waals surface area contributed by atoms with Crippen molar-refractivity contribution in [2.75, 3.05) is 85.0 Å².